The molecule has 1 aromatic rings. The second kappa shape index (κ2) is 8.34. The van der Waals surface area contributed by atoms with E-state index in [0.29, 0.717) is 25.2 Å². The van der Waals surface area contributed by atoms with Gasteiger partial charge in [-0.1, -0.05) is 13.8 Å². The fourth-order valence-corrected chi connectivity index (χ4v) is 2.72. The minimum Gasteiger partial charge on any atom is -0.492 e. The van der Waals surface area contributed by atoms with Gasteiger partial charge in [0, 0.05) is 23.9 Å². The second-order valence-electron chi connectivity index (χ2n) is 5.21. The van der Waals surface area contributed by atoms with E-state index in [1.54, 1.807) is 6.92 Å². The van der Waals surface area contributed by atoms with Gasteiger partial charge in [-0.3, -0.25) is 4.98 Å². The third-order valence-corrected chi connectivity index (χ3v) is 5.14. The molecule has 5 nitrogen and oxygen atoms in total. The summed E-state index contributed by atoms with van der Waals surface area (Å²) in [4.78, 5) is 4.48. The Labute approximate surface area is 127 Å². The summed E-state index contributed by atoms with van der Waals surface area (Å²) < 4.78 is 28.5. The molecule has 0 bridgehead atoms. The average molecular weight is 314 g/mol. The first kappa shape index (κ1) is 17.9. The van der Waals surface area contributed by atoms with Crippen molar-refractivity contribution in [1.29, 1.82) is 0 Å². The van der Waals surface area contributed by atoms with Gasteiger partial charge in [0.1, 0.15) is 15.6 Å². The summed E-state index contributed by atoms with van der Waals surface area (Å²) in [6, 6.07) is 3.83. The van der Waals surface area contributed by atoms with E-state index in [1.807, 2.05) is 26.0 Å². The second-order valence-corrected chi connectivity index (χ2v) is 7.68. The molecule has 120 valence electrons. The maximum Gasteiger partial charge on any atom is 0.150 e. The largest absolute Gasteiger partial charge is 0.492 e. The van der Waals surface area contributed by atoms with Crippen molar-refractivity contribution in [3.05, 3.63) is 23.5 Å². The van der Waals surface area contributed by atoms with Gasteiger partial charge in [-0.2, -0.15) is 0 Å². The van der Waals surface area contributed by atoms with Crippen LogP contribution in [0, 0.1) is 6.92 Å². The van der Waals surface area contributed by atoms with Crippen molar-refractivity contribution in [3.8, 4) is 5.75 Å². The SMILES string of the molecule is CCC(N)Cc1nc(C)ccc1OCCCS(=O)(=O)CC. The van der Waals surface area contributed by atoms with Gasteiger partial charge in [-0.15, -0.1) is 0 Å². The van der Waals surface area contributed by atoms with E-state index >= 15 is 0 Å². The normalized spacial score (nSPS) is 13.1. The molecule has 0 saturated carbocycles. The summed E-state index contributed by atoms with van der Waals surface area (Å²) in [6.07, 6.45) is 2.04. The molecule has 1 aromatic heterocycles. The van der Waals surface area contributed by atoms with E-state index in [-0.39, 0.29) is 17.5 Å². The highest BCUT2D eigenvalue weighted by Crippen LogP contribution is 2.19. The predicted octanol–water partition coefficient (Wildman–Crippen LogP) is 1.87. The number of rotatable bonds is 9. The lowest BCUT2D eigenvalue weighted by Crippen LogP contribution is -2.22. The topological polar surface area (TPSA) is 82.3 Å². The van der Waals surface area contributed by atoms with Crippen LogP contribution in [0.2, 0.25) is 0 Å². The van der Waals surface area contributed by atoms with Gasteiger partial charge in [0.25, 0.3) is 0 Å². The maximum absolute atomic E-state index is 11.4. The van der Waals surface area contributed by atoms with Crippen molar-refractivity contribution in [2.75, 3.05) is 18.1 Å². The average Bonchev–Trinajstić information content (AvgIpc) is 2.45. The number of hydrogen-bond donors (Lipinski definition) is 1. The van der Waals surface area contributed by atoms with Gasteiger partial charge in [-0.25, -0.2) is 8.42 Å². The Hall–Kier alpha value is -1.14. The molecule has 1 atom stereocenters. The smallest absolute Gasteiger partial charge is 0.150 e. The minimum absolute atomic E-state index is 0.0575. The fraction of sp³-hybridized carbons (Fsp3) is 0.667. The number of ether oxygens (including phenoxy) is 1. The van der Waals surface area contributed by atoms with E-state index in [1.165, 1.54) is 0 Å². The summed E-state index contributed by atoms with van der Waals surface area (Å²) in [5.74, 6) is 1.04. The van der Waals surface area contributed by atoms with Crippen molar-refractivity contribution >= 4 is 9.84 Å². The lowest BCUT2D eigenvalue weighted by molar-refractivity contribution is 0.311. The van der Waals surface area contributed by atoms with Crippen molar-refractivity contribution < 1.29 is 13.2 Å². The minimum atomic E-state index is -2.93. The van der Waals surface area contributed by atoms with E-state index in [9.17, 15) is 8.42 Å². The Bertz CT molecular complexity index is 544. The molecule has 0 spiro atoms. The zero-order valence-electron chi connectivity index (χ0n) is 13.1. The summed E-state index contributed by atoms with van der Waals surface area (Å²) in [5.41, 5.74) is 7.75. The first-order chi connectivity index (χ1) is 9.88. The summed E-state index contributed by atoms with van der Waals surface area (Å²) >= 11 is 0. The van der Waals surface area contributed by atoms with Gasteiger partial charge in [0.2, 0.25) is 0 Å². The Morgan fingerprint density at radius 1 is 1.33 bits per heavy atom. The van der Waals surface area contributed by atoms with Crippen LogP contribution in [0.4, 0.5) is 0 Å². The highest BCUT2D eigenvalue weighted by atomic mass is 32.2. The van der Waals surface area contributed by atoms with Crippen molar-refractivity contribution in [3.63, 3.8) is 0 Å². The van der Waals surface area contributed by atoms with E-state index < -0.39 is 9.84 Å². The van der Waals surface area contributed by atoms with Crippen LogP contribution in [0.3, 0.4) is 0 Å². The molecule has 1 unspecified atom stereocenters. The number of hydrogen-bond acceptors (Lipinski definition) is 5. The number of nitrogens with two attached hydrogens (primary N) is 1. The molecule has 0 amide bonds. The monoisotopic (exact) mass is 314 g/mol. The molecule has 21 heavy (non-hydrogen) atoms. The van der Waals surface area contributed by atoms with E-state index in [4.69, 9.17) is 10.5 Å². The van der Waals surface area contributed by atoms with Gasteiger partial charge in [0.15, 0.2) is 0 Å². The van der Waals surface area contributed by atoms with Gasteiger partial charge >= 0.3 is 0 Å². The van der Waals surface area contributed by atoms with Gasteiger partial charge in [0.05, 0.1) is 18.1 Å². The van der Waals surface area contributed by atoms with Crippen LogP contribution in [0.1, 0.15) is 38.1 Å². The lowest BCUT2D eigenvalue weighted by atomic mass is 10.1. The summed E-state index contributed by atoms with van der Waals surface area (Å²) in [7, 11) is -2.93. The molecule has 0 aliphatic rings. The predicted molar refractivity (Wildman–Crippen MR) is 85.4 cm³/mol. The standard InChI is InChI=1S/C15H26N2O3S/c1-4-13(16)11-14-15(8-7-12(3)17-14)20-9-6-10-21(18,19)5-2/h7-8,13H,4-6,9-11,16H2,1-3H3. The number of pyridine rings is 1. The Kier molecular flexibility index (Phi) is 7.11. The van der Waals surface area contributed by atoms with Crippen molar-refractivity contribution in [1.82, 2.24) is 4.98 Å². The van der Waals surface area contributed by atoms with Crippen LogP contribution in [0.25, 0.3) is 0 Å². The van der Waals surface area contributed by atoms with Gasteiger partial charge in [-0.05, 0) is 31.9 Å². The first-order valence-corrected chi connectivity index (χ1v) is 9.25. The summed E-state index contributed by atoms with van der Waals surface area (Å²) in [5, 5.41) is 0. The van der Waals surface area contributed by atoms with Crippen LogP contribution < -0.4 is 10.5 Å². The highest BCUT2D eigenvalue weighted by Gasteiger charge is 2.11. The Balaban J connectivity index is 2.62. The molecule has 0 radical (unpaired) electrons. The highest BCUT2D eigenvalue weighted by molar-refractivity contribution is 7.91. The van der Waals surface area contributed by atoms with E-state index in [2.05, 4.69) is 4.98 Å². The number of sulfone groups is 1. The molecule has 0 aromatic carbocycles. The zero-order valence-corrected chi connectivity index (χ0v) is 13.9. The molecule has 0 saturated heterocycles. The zero-order chi connectivity index (χ0) is 15.9. The lowest BCUT2D eigenvalue weighted by Gasteiger charge is -2.14. The molecule has 0 fully saturated rings. The molecule has 0 aliphatic carbocycles. The van der Waals surface area contributed by atoms with Crippen LogP contribution in [0.15, 0.2) is 12.1 Å². The molecule has 2 N–H and O–H groups in total. The number of aryl methyl sites for hydroxylation is 1. The van der Waals surface area contributed by atoms with Crippen molar-refractivity contribution in [2.45, 2.75) is 46.1 Å². The van der Waals surface area contributed by atoms with Gasteiger partial charge < -0.3 is 10.5 Å². The quantitative estimate of drug-likeness (QED) is 0.704. The molecule has 0 aliphatic heterocycles. The van der Waals surface area contributed by atoms with E-state index in [0.717, 1.165) is 17.8 Å². The van der Waals surface area contributed by atoms with Crippen molar-refractivity contribution in [2.24, 2.45) is 5.73 Å². The Morgan fingerprint density at radius 2 is 2.05 bits per heavy atom. The van der Waals surface area contributed by atoms with Crippen LogP contribution >= 0.6 is 0 Å². The molecular formula is C15H26N2O3S. The molecule has 1 heterocycles. The molecular weight excluding hydrogens is 288 g/mol. The van der Waals surface area contributed by atoms with Crippen LogP contribution in [-0.4, -0.2) is 37.6 Å². The maximum atomic E-state index is 11.4. The van der Waals surface area contributed by atoms with Crippen LogP contribution in [-0.2, 0) is 16.3 Å². The third kappa shape index (κ3) is 6.44. The van der Waals surface area contributed by atoms with Crippen LogP contribution in [0.5, 0.6) is 5.75 Å². The third-order valence-electron chi connectivity index (χ3n) is 3.35. The molecule has 1 rings (SSSR count). The number of nitrogens with zero attached hydrogens (tertiary/aromatic N) is 1. The fourth-order valence-electron chi connectivity index (χ4n) is 1.87. The summed E-state index contributed by atoms with van der Waals surface area (Å²) in [6.45, 7) is 6.00. The number of aromatic nitrogens is 1. The Morgan fingerprint density at radius 3 is 2.67 bits per heavy atom. The molecule has 6 heteroatoms. The first-order valence-electron chi connectivity index (χ1n) is 7.43.